The van der Waals surface area contributed by atoms with Crippen molar-refractivity contribution < 1.29 is 0 Å². The van der Waals surface area contributed by atoms with Crippen LogP contribution in [0, 0.1) is 0 Å². The molecule has 0 nitrogen and oxygen atoms in total. The van der Waals surface area contributed by atoms with Gasteiger partial charge in [-0.2, -0.15) is 0 Å². The topological polar surface area (TPSA) is 0 Å². The van der Waals surface area contributed by atoms with Crippen molar-refractivity contribution in [3.8, 4) is 11.1 Å². The van der Waals surface area contributed by atoms with Crippen molar-refractivity contribution in [1.82, 2.24) is 0 Å². The van der Waals surface area contributed by atoms with Crippen molar-refractivity contribution in [2.24, 2.45) is 0 Å². The van der Waals surface area contributed by atoms with Crippen LogP contribution in [0.15, 0.2) is 110 Å². The summed E-state index contributed by atoms with van der Waals surface area (Å²) in [4.78, 5) is 0. The molecule has 3 aromatic carbocycles. The fraction of sp³-hybridized carbons (Fsp3) is 0.185. The molecule has 0 saturated carbocycles. The first kappa shape index (κ1) is 22.5. The van der Waals surface area contributed by atoms with Crippen molar-refractivity contribution in [2.75, 3.05) is 5.50 Å². The van der Waals surface area contributed by atoms with Gasteiger partial charge in [0.25, 0.3) is 0 Å². The molecule has 3 aromatic rings. The molecule has 0 aliphatic rings. The molecule has 0 radical (unpaired) electrons. The Hall–Kier alpha value is -2.14. The second-order valence-electron chi connectivity index (χ2n) is 8.50. The second-order valence-corrected chi connectivity index (χ2v) is 18.7. The van der Waals surface area contributed by atoms with Crippen LogP contribution in [0.5, 0.6) is 0 Å². The lowest BCUT2D eigenvalue weighted by Crippen LogP contribution is -2.62. The molecule has 0 fully saturated rings. The Morgan fingerprint density at radius 3 is 1.73 bits per heavy atom. The van der Waals surface area contributed by atoms with Gasteiger partial charge in [0, 0.05) is 5.50 Å². The highest BCUT2D eigenvalue weighted by atomic mass is 35.5. The van der Waals surface area contributed by atoms with Gasteiger partial charge in [0.05, 0.1) is 8.07 Å². The van der Waals surface area contributed by atoms with Crippen molar-refractivity contribution in [2.45, 2.75) is 24.3 Å². The zero-order valence-corrected chi connectivity index (χ0v) is 20.6. The average Bonchev–Trinajstić information content (AvgIpc) is 2.80. The molecule has 0 aliphatic heterocycles. The van der Waals surface area contributed by atoms with Crippen LogP contribution < -0.4 is 10.4 Å². The van der Waals surface area contributed by atoms with Crippen molar-refractivity contribution in [3.05, 3.63) is 110 Å². The normalized spacial score (nSPS) is 15.0. The molecule has 3 heteroatoms. The second kappa shape index (κ2) is 10.3. The molecule has 2 unspecified atom stereocenters. The Bertz CT molecular complexity index is 953. The zero-order chi connectivity index (χ0) is 21.5. The molecule has 0 spiro atoms. The van der Waals surface area contributed by atoms with Gasteiger partial charge in [-0.1, -0.05) is 120 Å². The van der Waals surface area contributed by atoms with E-state index in [1.165, 1.54) is 27.2 Å². The summed E-state index contributed by atoms with van der Waals surface area (Å²) in [6.45, 7) is 10.6. The van der Waals surface area contributed by atoms with Gasteiger partial charge in [-0.3, -0.25) is 0 Å². The van der Waals surface area contributed by atoms with Gasteiger partial charge in [0.1, 0.15) is 8.07 Å². The fourth-order valence-electron chi connectivity index (χ4n) is 4.55. The molecule has 0 heterocycles. The summed E-state index contributed by atoms with van der Waals surface area (Å²) in [6.07, 6.45) is 4.20. The Morgan fingerprint density at radius 2 is 1.20 bits per heavy atom. The lowest BCUT2D eigenvalue weighted by Gasteiger charge is -2.39. The van der Waals surface area contributed by atoms with Crippen LogP contribution in [0.2, 0.25) is 24.3 Å². The number of rotatable bonds is 10. The maximum atomic E-state index is 6.58. The molecular weight excluding hydrogens is 416 g/mol. The third-order valence-corrected chi connectivity index (χ3v) is 19.6. The van der Waals surface area contributed by atoms with Gasteiger partial charge >= 0.3 is 0 Å². The Morgan fingerprint density at radius 1 is 0.700 bits per heavy atom. The largest absolute Gasteiger partial charge is 0.130 e. The van der Waals surface area contributed by atoms with Gasteiger partial charge in [0.15, 0.2) is 0 Å². The highest BCUT2D eigenvalue weighted by Crippen LogP contribution is 2.29. The van der Waals surface area contributed by atoms with E-state index in [4.69, 9.17) is 11.6 Å². The predicted molar refractivity (Wildman–Crippen MR) is 140 cm³/mol. The van der Waals surface area contributed by atoms with Crippen LogP contribution >= 0.6 is 11.6 Å². The molecule has 0 amide bonds. The first-order valence-electron chi connectivity index (χ1n) is 10.6. The molecule has 0 aromatic heterocycles. The molecule has 0 aliphatic carbocycles. The van der Waals surface area contributed by atoms with Crippen molar-refractivity contribution in [3.63, 3.8) is 0 Å². The number of hydrogen-bond acceptors (Lipinski definition) is 0. The summed E-state index contributed by atoms with van der Waals surface area (Å²) < 4.78 is 0. The van der Waals surface area contributed by atoms with Gasteiger partial charge in [-0.15, -0.1) is 24.8 Å². The molecule has 0 saturated heterocycles. The summed E-state index contributed by atoms with van der Waals surface area (Å²) in [5.41, 5.74) is 4.49. The standard InChI is InChI=1S/C27H31ClSi2/c1-4-20-29(3,22-28)23-30(21-5-2,26-14-10-7-11-15-26)27-18-16-25(17-19-27)24-12-8-6-9-13-24/h4-19H,1-2,20-23H2,3H3. The van der Waals surface area contributed by atoms with Crippen LogP contribution in [-0.2, 0) is 0 Å². The Kier molecular flexibility index (Phi) is 7.71. The summed E-state index contributed by atoms with van der Waals surface area (Å²) in [6, 6.07) is 33.0. The number of halogens is 1. The molecular formula is C27H31ClSi2. The van der Waals surface area contributed by atoms with Crippen LogP contribution in [0.25, 0.3) is 11.1 Å². The number of hydrogen-bond donors (Lipinski definition) is 0. The molecule has 0 N–H and O–H groups in total. The maximum Gasteiger partial charge on any atom is 0.119 e. The van der Waals surface area contributed by atoms with E-state index in [9.17, 15) is 0 Å². The van der Waals surface area contributed by atoms with E-state index in [1.807, 2.05) is 0 Å². The lowest BCUT2D eigenvalue weighted by atomic mass is 10.1. The maximum absolute atomic E-state index is 6.58. The molecule has 154 valence electrons. The predicted octanol–water partition coefficient (Wildman–Crippen LogP) is 6.68. The summed E-state index contributed by atoms with van der Waals surface area (Å²) in [5.74, 6) is 0. The van der Waals surface area contributed by atoms with Crippen molar-refractivity contribution in [1.29, 1.82) is 0 Å². The monoisotopic (exact) mass is 446 g/mol. The van der Waals surface area contributed by atoms with Crippen LogP contribution in [0.4, 0.5) is 0 Å². The van der Waals surface area contributed by atoms with E-state index in [0.29, 0.717) is 0 Å². The van der Waals surface area contributed by atoms with Gasteiger partial charge < -0.3 is 0 Å². The van der Waals surface area contributed by atoms with Crippen LogP contribution in [-0.4, -0.2) is 21.7 Å². The quantitative estimate of drug-likeness (QED) is 0.185. The van der Waals surface area contributed by atoms with E-state index < -0.39 is 16.1 Å². The average molecular weight is 447 g/mol. The fourth-order valence-corrected chi connectivity index (χ4v) is 18.5. The summed E-state index contributed by atoms with van der Waals surface area (Å²) in [5, 5.41) is 2.95. The van der Waals surface area contributed by atoms with Crippen molar-refractivity contribution >= 4 is 38.1 Å². The molecule has 30 heavy (non-hydrogen) atoms. The Balaban J connectivity index is 2.13. The first-order valence-corrected chi connectivity index (χ1v) is 16.6. The van der Waals surface area contributed by atoms with Gasteiger partial charge in [-0.25, -0.2) is 0 Å². The van der Waals surface area contributed by atoms with E-state index >= 15 is 0 Å². The molecule has 2 atom stereocenters. The minimum Gasteiger partial charge on any atom is -0.130 e. The molecule has 3 rings (SSSR count). The number of benzene rings is 3. The third-order valence-electron chi connectivity index (χ3n) is 6.05. The highest BCUT2D eigenvalue weighted by Gasteiger charge is 2.42. The van der Waals surface area contributed by atoms with E-state index in [2.05, 4.69) is 117 Å². The molecule has 0 bridgehead atoms. The summed E-state index contributed by atoms with van der Waals surface area (Å²) in [7, 11) is -3.73. The van der Waals surface area contributed by atoms with Gasteiger partial charge in [-0.05, 0) is 23.2 Å². The minimum absolute atomic E-state index is 0.764. The van der Waals surface area contributed by atoms with Gasteiger partial charge in [0.2, 0.25) is 0 Å². The van der Waals surface area contributed by atoms with E-state index in [1.54, 1.807) is 0 Å². The lowest BCUT2D eigenvalue weighted by molar-refractivity contribution is 1.41. The SMILES string of the molecule is C=CC[Si](C)(CCl)C[Si](CC=C)(c1ccccc1)c1ccc(-c2ccccc2)cc1. The van der Waals surface area contributed by atoms with Crippen LogP contribution in [0.1, 0.15) is 0 Å². The third kappa shape index (κ3) is 4.94. The first-order chi connectivity index (χ1) is 14.6. The smallest absolute Gasteiger partial charge is 0.119 e. The highest BCUT2D eigenvalue weighted by molar-refractivity contribution is 7.11. The van der Waals surface area contributed by atoms with Crippen LogP contribution in [0.3, 0.4) is 0 Å². The number of allylic oxidation sites excluding steroid dienone is 2. The minimum atomic E-state index is -2.05. The van der Waals surface area contributed by atoms with E-state index in [0.717, 1.165) is 17.6 Å². The Labute approximate surface area is 189 Å². The number of alkyl halides is 1. The van der Waals surface area contributed by atoms with E-state index in [-0.39, 0.29) is 0 Å². The summed E-state index contributed by atoms with van der Waals surface area (Å²) >= 11 is 6.58. The zero-order valence-electron chi connectivity index (χ0n) is 17.9.